The highest BCUT2D eigenvalue weighted by Gasteiger charge is 2.35. The Balaban J connectivity index is 1.83. The molecule has 4 nitrogen and oxygen atoms in total. The van der Waals surface area contributed by atoms with Gasteiger partial charge in [-0.2, -0.15) is 0 Å². The number of hydrogen-bond acceptors (Lipinski definition) is 4. The number of carbonyl (C=O) groups excluding carboxylic acids is 1. The van der Waals surface area contributed by atoms with Gasteiger partial charge >= 0.3 is 0 Å². The van der Waals surface area contributed by atoms with E-state index in [9.17, 15) is 9.35 Å². The van der Waals surface area contributed by atoms with Crippen LogP contribution in [0.4, 0.5) is 5.69 Å². The van der Waals surface area contributed by atoms with E-state index in [0.717, 1.165) is 23.2 Å². The lowest BCUT2D eigenvalue weighted by Crippen LogP contribution is -2.39. The average molecular weight is 421 g/mol. The van der Waals surface area contributed by atoms with Gasteiger partial charge in [-0.1, -0.05) is 35.9 Å². The SMILES string of the molecule is O=CC1C([S+]([O-])c2ccc(Cl)cc2)=CC(c2ccccn2)=CN1c1ccccc1. The van der Waals surface area contributed by atoms with E-state index in [4.69, 9.17) is 11.6 Å². The zero-order chi connectivity index (χ0) is 20.2. The van der Waals surface area contributed by atoms with Crippen LogP contribution in [0.1, 0.15) is 5.69 Å². The van der Waals surface area contributed by atoms with Crippen molar-refractivity contribution < 1.29 is 9.35 Å². The third-order valence-electron chi connectivity index (χ3n) is 4.55. The van der Waals surface area contributed by atoms with Crippen LogP contribution in [0.2, 0.25) is 5.02 Å². The van der Waals surface area contributed by atoms with Gasteiger partial charge in [-0.05, 0) is 48.5 Å². The van der Waals surface area contributed by atoms with Crippen LogP contribution < -0.4 is 4.90 Å². The fourth-order valence-electron chi connectivity index (χ4n) is 3.14. The number of benzene rings is 2. The van der Waals surface area contributed by atoms with Gasteiger partial charge in [0.05, 0.1) is 5.69 Å². The second kappa shape index (κ2) is 8.66. The average Bonchev–Trinajstić information content (AvgIpc) is 2.79. The lowest BCUT2D eigenvalue weighted by atomic mass is 10.0. The number of aldehydes is 1. The van der Waals surface area contributed by atoms with Crippen LogP contribution in [0.15, 0.2) is 101 Å². The zero-order valence-corrected chi connectivity index (χ0v) is 16.9. The standard InChI is InChI=1S/C23H17ClN2O2S/c24-18-9-11-20(12-10-18)29(28)23-14-17(21-8-4-5-13-25-21)15-26(22(23)16-27)19-6-2-1-3-7-19/h1-16,22H. The molecule has 29 heavy (non-hydrogen) atoms. The number of aromatic nitrogens is 1. The summed E-state index contributed by atoms with van der Waals surface area (Å²) in [4.78, 5) is 19.4. The Morgan fingerprint density at radius 2 is 1.72 bits per heavy atom. The molecular weight excluding hydrogens is 404 g/mol. The summed E-state index contributed by atoms with van der Waals surface area (Å²) in [5.74, 6) is 0. The molecule has 2 aromatic carbocycles. The molecule has 3 aromatic rings. The van der Waals surface area contributed by atoms with Crippen molar-refractivity contribution in [3.63, 3.8) is 0 Å². The molecule has 0 amide bonds. The molecule has 0 N–H and O–H groups in total. The zero-order valence-electron chi connectivity index (χ0n) is 15.3. The maximum Gasteiger partial charge on any atom is 0.166 e. The van der Waals surface area contributed by atoms with Crippen LogP contribution in [0.25, 0.3) is 5.57 Å². The highest BCUT2D eigenvalue weighted by atomic mass is 35.5. The van der Waals surface area contributed by atoms with Gasteiger partial charge < -0.3 is 14.2 Å². The number of hydrogen-bond donors (Lipinski definition) is 0. The van der Waals surface area contributed by atoms with Gasteiger partial charge in [0.25, 0.3) is 0 Å². The Bertz CT molecular complexity index is 1050. The summed E-state index contributed by atoms with van der Waals surface area (Å²) < 4.78 is 13.4. The van der Waals surface area contributed by atoms with E-state index in [1.807, 2.05) is 59.6 Å². The quantitative estimate of drug-likeness (QED) is 0.437. The third kappa shape index (κ3) is 4.12. The van der Waals surface area contributed by atoms with Crippen molar-refractivity contribution in [1.82, 2.24) is 4.98 Å². The van der Waals surface area contributed by atoms with Gasteiger partial charge in [-0.3, -0.25) is 4.98 Å². The van der Waals surface area contributed by atoms with Crippen LogP contribution in [0.3, 0.4) is 0 Å². The fraction of sp³-hybridized carbons (Fsp3) is 0.0435. The first-order valence-electron chi connectivity index (χ1n) is 8.98. The molecule has 0 saturated carbocycles. The Morgan fingerprint density at radius 3 is 2.38 bits per heavy atom. The maximum absolute atomic E-state index is 13.4. The van der Waals surface area contributed by atoms with Crippen molar-refractivity contribution in [3.05, 3.63) is 107 Å². The molecule has 2 unspecified atom stereocenters. The molecule has 0 saturated heterocycles. The van der Waals surface area contributed by atoms with Crippen LogP contribution in [-0.2, 0) is 16.0 Å². The number of carbonyl (C=O) groups is 1. The Kier molecular flexibility index (Phi) is 5.81. The first-order valence-corrected chi connectivity index (χ1v) is 10.5. The van der Waals surface area contributed by atoms with E-state index in [-0.39, 0.29) is 0 Å². The summed E-state index contributed by atoms with van der Waals surface area (Å²) in [6.07, 6.45) is 6.20. The number of pyridine rings is 1. The number of rotatable bonds is 5. The molecule has 0 fully saturated rings. The third-order valence-corrected chi connectivity index (χ3v) is 6.29. The molecule has 1 aromatic heterocycles. The molecule has 1 aliphatic heterocycles. The fourth-order valence-corrected chi connectivity index (χ4v) is 4.55. The summed E-state index contributed by atoms with van der Waals surface area (Å²) in [7, 11) is 0. The monoisotopic (exact) mass is 420 g/mol. The van der Waals surface area contributed by atoms with Crippen molar-refractivity contribution in [3.8, 4) is 0 Å². The summed E-state index contributed by atoms with van der Waals surface area (Å²) in [5.41, 5.74) is 2.35. The lowest BCUT2D eigenvalue weighted by molar-refractivity contribution is -0.108. The molecule has 0 aliphatic carbocycles. The van der Waals surface area contributed by atoms with Crippen molar-refractivity contribution in [2.24, 2.45) is 0 Å². The van der Waals surface area contributed by atoms with Crippen LogP contribution in [-0.4, -0.2) is 21.9 Å². The van der Waals surface area contributed by atoms with Crippen LogP contribution >= 0.6 is 11.6 Å². The van der Waals surface area contributed by atoms with E-state index < -0.39 is 17.2 Å². The molecular formula is C23H17ClN2O2S. The van der Waals surface area contributed by atoms with Gasteiger partial charge in [0.15, 0.2) is 22.1 Å². The second-order valence-electron chi connectivity index (χ2n) is 6.39. The highest BCUT2D eigenvalue weighted by molar-refractivity contribution is 7.95. The largest absolute Gasteiger partial charge is 0.607 e. The number of allylic oxidation sites excluding steroid dienone is 2. The first kappa shape index (κ1) is 19.5. The summed E-state index contributed by atoms with van der Waals surface area (Å²) in [6, 6.07) is 21.3. The molecule has 1 aliphatic rings. The molecule has 6 heteroatoms. The Labute approximate surface area is 177 Å². The first-order chi connectivity index (χ1) is 14.2. The molecule has 0 radical (unpaired) electrons. The van der Waals surface area contributed by atoms with E-state index in [2.05, 4.69) is 4.98 Å². The van der Waals surface area contributed by atoms with E-state index in [0.29, 0.717) is 14.8 Å². The topological polar surface area (TPSA) is 56.3 Å². The molecule has 0 spiro atoms. The minimum absolute atomic E-state index is 0.495. The number of nitrogens with zero attached hydrogens (tertiary/aromatic N) is 2. The normalized spacial score (nSPS) is 17.3. The van der Waals surface area contributed by atoms with E-state index in [1.54, 1.807) is 36.5 Å². The second-order valence-corrected chi connectivity index (χ2v) is 8.31. The van der Waals surface area contributed by atoms with Crippen molar-refractivity contribution >= 4 is 40.3 Å². The number of halogens is 1. The van der Waals surface area contributed by atoms with Crippen molar-refractivity contribution in [1.29, 1.82) is 0 Å². The molecule has 4 rings (SSSR count). The lowest BCUT2D eigenvalue weighted by Gasteiger charge is -2.32. The van der Waals surface area contributed by atoms with Gasteiger partial charge in [0.1, 0.15) is 0 Å². The maximum atomic E-state index is 13.4. The predicted molar refractivity (Wildman–Crippen MR) is 117 cm³/mol. The predicted octanol–water partition coefficient (Wildman–Crippen LogP) is 4.86. The highest BCUT2D eigenvalue weighted by Crippen LogP contribution is 2.35. The van der Waals surface area contributed by atoms with Gasteiger partial charge in [0.2, 0.25) is 0 Å². The molecule has 0 bridgehead atoms. The summed E-state index contributed by atoms with van der Waals surface area (Å²) in [5, 5.41) is 0.565. The van der Waals surface area contributed by atoms with Gasteiger partial charge in [0, 0.05) is 45.9 Å². The van der Waals surface area contributed by atoms with Gasteiger partial charge in [-0.15, -0.1) is 0 Å². The van der Waals surface area contributed by atoms with Crippen LogP contribution in [0, 0.1) is 0 Å². The van der Waals surface area contributed by atoms with Crippen molar-refractivity contribution in [2.45, 2.75) is 10.9 Å². The van der Waals surface area contributed by atoms with E-state index in [1.165, 1.54) is 0 Å². The summed E-state index contributed by atoms with van der Waals surface area (Å²) >= 11 is 4.43. The van der Waals surface area contributed by atoms with Crippen LogP contribution in [0.5, 0.6) is 0 Å². The molecule has 2 heterocycles. The number of anilines is 1. The Morgan fingerprint density at radius 1 is 1.00 bits per heavy atom. The van der Waals surface area contributed by atoms with E-state index >= 15 is 0 Å². The molecule has 2 atom stereocenters. The van der Waals surface area contributed by atoms with Crippen molar-refractivity contribution in [2.75, 3.05) is 4.90 Å². The molecule has 144 valence electrons. The summed E-state index contributed by atoms with van der Waals surface area (Å²) in [6.45, 7) is 0. The number of para-hydroxylation sites is 1. The minimum Gasteiger partial charge on any atom is -0.607 e. The van der Waals surface area contributed by atoms with Gasteiger partial charge in [-0.25, -0.2) is 0 Å². The smallest absolute Gasteiger partial charge is 0.166 e. The minimum atomic E-state index is -1.54. The Hall–Kier alpha value is -2.86.